The van der Waals surface area contributed by atoms with E-state index < -0.39 is 5.97 Å². The van der Waals surface area contributed by atoms with Gasteiger partial charge >= 0.3 is 5.97 Å². The summed E-state index contributed by atoms with van der Waals surface area (Å²) in [4.78, 5) is 21.2. The van der Waals surface area contributed by atoms with Crippen molar-refractivity contribution in [3.8, 4) is 6.07 Å². The van der Waals surface area contributed by atoms with Crippen molar-refractivity contribution in [2.75, 3.05) is 6.61 Å². The Morgan fingerprint density at radius 3 is 3.00 bits per heavy atom. The fourth-order valence-electron chi connectivity index (χ4n) is 3.03. The molecule has 0 fully saturated rings. The fourth-order valence-corrected chi connectivity index (χ4v) is 4.18. The largest absolute Gasteiger partial charge is 0.507 e. The minimum Gasteiger partial charge on any atom is -0.507 e. The number of benzene rings is 1. The van der Waals surface area contributed by atoms with Gasteiger partial charge in [-0.05, 0) is 43.0 Å². The highest BCUT2D eigenvalue weighted by molar-refractivity contribution is 7.14. The highest BCUT2D eigenvalue weighted by Crippen LogP contribution is 2.31. The molecule has 0 atom stereocenters. The highest BCUT2D eigenvalue weighted by Gasteiger charge is 2.20. The number of aliphatic hydroxyl groups excluding tert-OH is 1. The molecule has 0 bridgehead atoms. The Labute approximate surface area is 153 Å². The number of ether oxygens (including phenoxy) is 1. The molecule has 3 aromatic rings. The van der Waals surface area contributed by atoms with E-state index in [9.17, 15) is 15.2 Å². The van der Waals surface area contributed by atoms with Gasteiger partial charge in [0.15, 0.2) is 11.6 Å². The van der Waals surface area contributed by atoms with Crippen LogP contribution in [0, 0.1) is 11.3 Å². The molecule has 130 valence electrons. The average molecular weight is 365 g/mol. The third-order valence-corrected chi connectivity index (χ3v) is 5.53. The second-order valence-electron chi connectivity index (χ2n) is 6.02. The van der Waals surface area contributed by atoms with Crippen molar-refractivity contribution < 1.29 is 14.6 Å². The summed E-state index contributed by atoms with van der Waals surface area (Å²) in [5.41, 5.74) is 2.62. The second-order valence-corrected chi connectivity index (χ2v) is 7.16. The molecule has 1 aliphatic carbocycles. The van der Waals surface area contributed by atoms with E-state index in [1.165, 1.54) is 21.8 Å². The molecule has 0 amide bonds. The van der Waals surface area contributed by atoms with Crippen LogP contribution >= 0.6 is 11.3 Å². The van der Waals surface area contributed by atoms with Crippen LogP contribution in [0.5, 0.6) is 0 Å². The molecule has 0 saturated carbocycles. The number of carbonyl (C=O) groups is 1. The van der Waals surface area contributed by atoms with Gasteiger partial charge in [0, 0.05) is 4.88 Å². The number of aromatic nitrogens is 2. The molecule has 26 heavy (non-hydrogen) atoms. The number of allylic oxidation sites excluding steroid dienone is 1. The van der Waals surface area contributed by atoms with Gasteiger partial charge < -0.3 is 14.8 Å². The molecule has 2 aromatic heterocycles. The van der Waals surface area contributed by atoms with E-state index in [1.54, 1.807) is 6.07 Å². The maximum atomic E-state index is 12.2. The predicted molar refractivity (Wildman–Crippen MR) is 97.9 cm³/mol. The van der Waals surface area contributed by atoms with E-state index >= 15 is 0 Å². The minimum absolute atomic E-state index is 0.0392. The molecule has 7 heteroatoms. The van der Waals surface area contributed by atoms with Gasteiger partial charge in [0.05, 0.1) is 11.0 Å². The van der Waals surface area contributed by atoms with Crippen LogP contribution in [0.1, 0.15) is 32.4 Å². The number of nitrogens with one attached hydrogen (secondary N) is 1. The molecule has 0 aliphatic heterocycles. The lowest BCUT2D eigenvalue weighted by Crippen LogP contribution is -2.08. The van der Waals surface area contributed by atoms with E-state index in [2.05, 4.69) is 9.97 Å². The fraction of sp³-hybridized carbons (Fsp3) is 0.211. The third-order valence-electron chi connectivity index (χ3n) is 4.31. The van der Waals surface area contributed by atoms with Gasteiger partial charge in [-0.3, -0.25) is 0 Å². The van der Waals surface area contributed by atoms with Gasteiger partial charge in [-0.25, -0.2) is 9.78 Å². The molecule has 0 saturated heterocycles. The van der Waals surface area contributed by atoms with Crippen molar-refractivity contribution in [3.05, 3.63) is 57.2 Å². The maximum Gasteiger partial charge on any atom is 0.348 e. The van der Waals surface area contributed by atoms with Crippen LogP contribution in [-0.2, 0) is 17.6 Å². The number of fused-ring (bicyclic) bond motifs is 2. The number of aromatic amines is 1. The summed E-state index contributed by atoms with van der Waals surface area (Å²) in [6.07, 6.45) is 3.13. The van der Waals surface area contributed by atoms with Crippen LogP contribution in [-0.4, -0.2) is 27.7 Å². The molecule has 0 radical (unpaired) electrons. The molecule has 1 aliphatic rings. The van der Waals surface area contributed by atoms with E-state index in [0.29, 0.717) is 10.4 Å². The number of hydrogen-bond donors (Lipinski definition) is 2. The minimum atomic E-state index is -0.488. The Bertz CT molecular complexity index is 1020. The monoisotopic (exact) mass is 365 g/mol. The zero-order valence-electron chi connectivity index (χ0n) is 13.8. The number of hydrogen-bond acceptors (Lipinski definition) is 6. The van der Waals surface area contributed by atoms with Crippen LogP contribution < -0.4 is 0 Å². The number of aliphatic hydroxyl groups is 1. The second kappa shape index (κ2) is 6.65. The summed E-state index contributed by atoms with van der Waals surface area (Å²) in [5, 5.41) is 19.6. The van der Waals surface area contributed by atoms with Gasteiger partial charge in [-0.1, -0.05) is 12.1 Å². The summed E-state index contributed by atoms with van der Waals surface area (Å²) in [7, 11) is 0. The number of nitriles is 1. The number of rotatable bonds is 4. The number of imidazole rings is 1. The van der Waals surface area contributed by atoms with E-state index in [-0.39, 0.29) is 23.8 Å². The van der Waals surface area contributed by atoms with Crippen LogP contribution in [0.3, 0.4) is 0 Å². The summed E-state index contributed by atoms with van der Waals surface area (Å²) in [6.45, 7) is -0.374. The van der Waals surface area contributed by atoms with Crippen molar-refractivity contribution in [3.63, 3.8) is 0 Å². The molecule has 0 spiro atoms. The number of nitrogens with zero attached hydrogens (tertiary/aromatic N) is 2. The van der Waals surface area contributed by atoms with Gasteiger partial charge in [0.1, 0.15) is 23.1 Å². The number of para-hydroxylation sites is 2. The summed E-state index contributed by atoms with van der Waals surface area (Å²) < 4.78 is 5.18. The number of aryl methyl sites for hydroxylation is 2. The maximum absolute atomic E-state index is 12.2. The number of esters is 1. The van der Waals surface area contributed by atoms with Crippen LogP contribution in [0.4, 0.5) is 0 Å². The Kier molecular flexibility index (Phi) is 4.19. The first-order valence-corrected chi connectivity index (χ1v) is 9.03. The lowest BCUT2D eigenvalue weighted by atomic mass is 10.2. The summed E-state index contributed by atoms with van der Waals surface area (Å²) in [6, 6.07) is 11.1. The molecular weight excluding hydrogens is 350 g/mol. The van der Waals surface area contributed by atoms with Crippen molar-refractivity contribution in [1.29, 1.82) is 5.26 Å². The first-order chi connectivity index (χ1) is 12.7. The number of thiophene rings is 1. The van der Waals surface area contributed by atoms with E-state index in [4.69, 9.17) is 4.74 Å². The molecular formula is C19H15N3O3S. The van der Waals surface area contributed by atoms with Crippen molar-refractivity contribution in [2.45, 2.75) is 19.3 Å². The zero-order valence-corrected chi connectivity index (χ0v) is 14.6. The van der Waals surface area contributed by atoms with Gasteiger partial charge in [-0.2, -0.15) is 5.26 Å². The quantitative estimate of drug-likeness (QED) is 0.417. The molecule has 0 unspecified atom stereocenters. The third kappa shape index (κ3) is 2.95. The van der Waals surface area contributed by atoms with Crippen LogP contribution in [0.2, 0.25) is 0 Å². The first-order valence-electron chi connectivity index (χ1n) is 8.21. The van der Waals surface area contributed by atoms with Gasteiger partial charge in [0.25, 0.3) is 0 Å². The standard InChI is InChI=1S/C19H15N3O3S/c20-9-12(18-21-13-5-1-2-6-14(13)22-18)15(23)10-25-19(24)17-8-11-4-3-7-16(11)26-17/h1-2,5-6,8,23H,3-4,7,10H2,(H,21,22)/b15-12+. The molecule has 6 nitrogen and oxygen atoms in total. The molecule has 4 rings (SSSR count). The lowest BCUT2D eigenvalue weighted by molar-refractivity contribution is 0.0508. The van der Waals surface area contributed by atoms with Gasteiger partial charge in [-0.15, -0.1) is 11.3 Å². The average Bonchev–Trinajstić information content (AvgIpc) is 3.33. The molecule has 2 N–H and O–H groups in total. The van der Waals surface area contributed by atoms with Gasteiger partial charge in [0.2, 0.25) is 0 Å². The Balaban J connectivity index is 1.51. The van der Waals surface area contributed by atoms with Crippen LogP contribution in [0.15, 0.2) is 36.1 Å². The normalized spacial score (nSPS) is 14.0. The smallest absolute Gasteiger partial charge is 0.348 e. The lowest BCUT2D eigenvalue weighted by Gasteiger charge is -2.04. The highest BCUT2D eigenvalue weighted by atomic mass is 32.1. The first kappa shape index (κ1) is 16.4. The summed E-state index contributed by atoms with van der Waals surface area (Å²) in [5.74, 6) is -0.570. The molecule has 1 aromatic carbocycles. The molecule has 2 heterocycles. The van der Waals surface area contributed by atoms with Crippen LogP contribution in [0.25, 0.3) is 16.6 Å². The van der Waals surface area contributed by atoms with Crippen molar-refractivity contribution >= 4 is 33.9 Å². The Morgan fingerprint density at radius 2 is 2.23 bits per heavy atom. The SMILES string of the molecule is N#C/C(=C(\O)COC(=O)c1cc2c(s1)CCC2)c1nc2ccccc2[nH]1. The van der Waals surface area contributed by atoms with Crippen molar-refractivity contribution in [1.82, 2.24) is 9.97 Å². The number of H-pyrrole nitrogens is 1. The Hall–Kier alpha value is -3.11. The van der Waals surface area contributed by atoms with E-state index in [1.807, 2.05) is 30.3 Å². The summed E-state index contributed by atoms with van der Waals surface area (Å²) >= 11 is 1.44. The van der Waals surface area contributed by atoms with E-state index in [0.717, 1.165) is 24.8 Å². The zero-order chi connectivity index (χ0) is 18.1. The van der Waals surface area contributed by atoms with Crippen molar-refractivity contribution in [2.24, 2.45) is 0 Å². The number of carbonyl (C=O) groups excluding carboxylic acids is 1. The predicted octanol–water partition coefficient (Wildman–Crippen LogP) is 3.76. The Morgan fingerprint density at radius 1 is 1.38 bits per heavy atom. The topological polar surface area (TPSA) is 99.0 Å².